The van der Waals surface area contributed by atoms with Crippen LogP contribution in [0, 0.1) is 6.92 Å². The Balaban J connectivity index is 1.85. The lowest BCUT2D eigenvalue weighted by Gasteiger charge is -2.31. The van der Waals surface area contributed by atoms with E-state index in [1.807, 2.05) is 32.9 Å². The highest BCUT2D eigenvalue weighted by molar-refractivity contribution is 5.92. The van der Waals surface area contributed by atoms with Gasteiger partial charge in [-0.15, -0.1) is 0 Å². The van der Waals surface area contributed by atoms with Crippen molar-refractivity contribution in [1.29, 1.82) is 0 Å². The number of rotatable bonds is 9. The van der Waals surface area contributed by atoms with Crippen LogP contribution in [0.15, 0.2) is 78.8 Å². The molecule has 2 aromatic carbocycles. The molecular formula is C28H34N2O. The van der Waals surface area contributed by atoms with E-state index >= 15 is 0 Å². The minimum absolute atomic E-state index is 0.165. The number of benzene rings is 2. The highest BCUT2D eigenvalue weighted by Crippen LogP contribution is 2.40. The van der Waals surface area contributed by atoms with Crippen molar-refractivity contribution in [3.05, 3.63) is 96.1 Å². The molecule has 3 rings (SSSR count). The predicted octanol–water partition coefficient (Wildman–Crippen LogP) is 6.90. The van der Waals surface area contributed by atoms with Crippen LogP contribution in [-0.2, 0) is 6.54 Å². The van der Waals surface area contributed by atoms with Crippen molar-refractivity contribution in [2.45, 2.75) is 52.8 Å². The number of allylic oxidation sites excluding steroid dienone is 3. The first kappa shape index (κ1) is 22.6. The van der Waals surface area contributed by atoms with E-state index in [9.17, 15) is 0 Å². The molecule has 0 saturated heterocycles. The smallest absolute Gasteiger partial charge is 0.119 e. The molecule has 2 aromatic rings. The fourth-order valence-corrected chi connectivity index (χ4v) is 4.00. The number of aliphatic imine (C=N–C) groups is 1. The zero-order valence-corrected chi connectivity index (χ0v) is 19.3. The van der Waals surface area contributed by atoms with Crippen molar-refractivity contribution in [2.75, 3.05) is 6.54 Å². The van der Waals surface area contributed by atoms with Gasteiger partial charge in [0.05, 0.1) is 12.1 Å². The van der Waals surface area contributed by atoms with E-state index < -0.39 is 0 Å². The van der Waals surface area contributed by atoms with Crippen molar-refractivity contribution < 1.29 is 4.74 Å². The van der Waals surface area contributed by atoms with E-state index in [1.165, 1.54) is 22.3 Å². The highest BCUT2D eigenvalue weighted by atomic mass is 16.5. The molecule has 3 heteroatoms. The Labute approximate surface area is 187 Å². The summed E-state index contributed by atoms with van der Waals surface area (Å²) in [6, 6.07) is 15.4. The Hall–Kier alpha value is -3.07. The van der Waals surface area contributed by atoms with Crippen molar-refractivity contribution in [2.24, 2.45) is 4.99 Å². The van der Waals surface area contributed by atoms with Gasteiger partial charge in [-0.25, -0.2) is 0 Å². The molecule has 0 aliphatic carbocycles. The molecule has 0 amide bonds. The van der Waals surface area contributed by atoms with Crippen LogP contribution in [0.1, 0.15) is 55.5 Å². The van der Waals surface area contributed by atoms with Crippen LogP contribution in [0.25, 0.3) is 5.70 Å². The summed E-state index contributed by atoms with van der Waals surface area (Å²) in [6.07, 6.45) is 6.77. The van der Waals surface area contributed by atoms with Gasteiger partial charge < -0.3 is 9.64 Å². The molecule has 0 N–H and O–H groups in total. The van der Waals surface area contributed by atoms with Gasteiger partial charge in [0.15, 0.2) is 0 Å². The van der Waals surface area contributed by atoms with Crippen molar-refractivity contribution in [1.82, 2.24) is 4.90 Å². The lowest BCUT2D eigenvalue weighted by molar-refractivity contribution is 0.242. The van der Waals surface area contributed by atoms with Crippen LogP contribution in [0.3, 0.4) is 0 Å². The van der Waals surface area contributed by atoms with Gasteiger partial charge in [-0.1, -0.05) is 55.1 Å². The summed E-state index contributed by atoms with van der Waals surface area (Å²) in [5, 5.41) is 0. The summed E-state index contributed by atoms with van der Waals surface area (Å²) in [5.74, 6) is 0.903. The topological polar surface area (TPSA) is 24.8 Å². The Morgan fingerprint density at radius 1 is 1.19 bits per heavy atom. The molecule has 0 radical (unpaired) electrons. The van der Waals surface area contributed by atoms with E-state index in [4.69, 9.17) is 9.73 Å². The maximum absolute atomic E-state index is 5.84. The first-order chi connectivity index (χ1) is 14.9. The summed E-state index contributed by atoms with van der Waals surface area (Å²) in [7, 11) is 0. The first-order valence-electron chi connectivity index (χ1n) is 11.0. The SMILES string of the molecule is C=C/C=C\C(C)=NCCC(c1ccc(OC(C)C)cc1)N1Cc2ccc(C)cc2C1=C. The Bertz CT molecular complexity index is 983. The van der Waals surface area contributed by atoms with Crippen molar-refractivity contribution in [3.63, 3.8) is 0 Å². The molecule has 0 spiro atoms. The van der Waals surface area contributed by atoms with Gasteiger partial charge in [-0.3, -0.25) is 4.99 Å². The van der Waals surface area contributed by atoms with Gasteiger partial charge in [-0.2, -0.15) is 0 Å². The van der Waals surface area contributed by atoms with Gasteiger partial charge in [0.1, 0.15) is 5.75 Å². The van der Waals surface area contributed by atoms with Crippen LogP contribution in [0.4, 0.5) is 0 Å². The second-order valence-corrected chi connectivity index (χ2v) is 8.39. The first-order valence-corrected chi connectivity index (χ1v) is 11.0. The summed E-state index contributed by atoms with van der Waals surface area (Å²) in [5.41, 5.74) is 7.24. The minimum Gasteiger partial charge on any atom is -0.491 e. The van der Waals surface area contributed by atoms with Gasteiger partial charge in [0, 0.05) is 30.1 Å². The van der Waals surface area contributed by atoms with E-state index in [0.717, 1.165) is 36.7 Å². The zero-order valence-electron chi connectivity index (χ0n) is 19.3. The van der Waals surface area contributed by atoms with Crippen LogP contribution in [0.2, 0.25) is 0 Å². The molecular weight excluding hydrogens is 380 g/mol. The van der Waals surface area contributed by atoms with Gasteiger partial charge in [0.25, 0.3) is 0 Å². The molecule has 31 heavy (non-hydrogen) atoms. The van der Waals surface area contributed by atoms with Crippen LogP contribution >= 0.6 is 0 Å². The molecule has 0 saturated carbocycles. The van der Waals surface area contributed by atoms with Gasteiger partial charge in [-0.05, 0) is 69.5 Å². The van der Waals surface area contributed by atoms with E-state index in [1.54, 1.807) is 6.08 Å². The lowest BCUT2D eigenvalue weighted by Crippen LogP contribution is -2.23. The lowest BCUT2D eigenvalue weighted by atomic mass is 10.0. The summed E-state index contributed by atoms with van der Waals surface area (Å²) >= 11 is 0. The third kappa shape index (κ3) is 5.75. The van der Waals surface area contributed by atoms with Crippen molar-refractivity contribution >= 4 is 11.4 Å². The second-order valence-electron chi connectivity index (χ2n) is 8.39. The van der Waals surface area contributed by atoms with Crippen LogP contribution in [0.5, 0.6) is 5.75 Å². The Morgan fingerprint density at radius 2 is 1.94 bits per heavy atom. The number of aryl methyl sites for hydroxylation is 1. The molecule has 1 heterocycles. The minimum atomic E-state index is 0.165. The molecule has 1 aliphatic heterocycles. The average Bonchev–Trinajstić information content (AvgIpc) is 3.06. The summed E-state index contributed by atoms with van der Waals surface area (Å²) < 4.78 is 5.84. The summed E-state index contributed by atoms with van der Waals surface area (Å²) in [6.45, 7) is 18.1. The third-order valence-electron chi connectivity index (χ3n) is 5.51. The molecule has 3 nitrogen and oxygen atoms in total. The largest absolute Gasteiger partial charge is 0.491 e. The predicted molar refractivity (Wildman–Crippen MR) is 133 cm³/mol. The van der Waals surface area contributed by atoms with Gasteiger partial charge >= 0.3 is 0 Å². The summed E-state index contributed by atoms with van der Waals surface area (Å²) in [4.78, 5) is 7.17. The van der Waals surface area contributed by atoms with Gasteiger partial charge in [0.2, 0.25) is 0 Å². The normalized spacial score (nSPS) is 14.9. The number of nitrogens with zero attached hydrogens (tertiary/aromatic N) is 2. The highest BCUT2D eigenvalue weighted by Gasteiger charge is 2.29. The quantitative estimate of drug-likeness (QED) is 0.329. The second kappa shape index (κ2) is 10.3. The van der Waals surface area contributed by atoms with Crippen LogP contribution < -0.4 is 4.74 Å². The molecule has 162 valence electrons. The zero-order chi connectivity index (χ0) is 22.4. The Kier molecular flexibility index (Phi) is 7.51. The molecule has 0 aromatic heterocycles. The van der Waals surface area contributed by atoms with E-state index in [0.29, 0.717) is 0 Å². The van der Waals surface area contributed by atoms with Crippen molar-refractivity contribution in [3.8, 4) is 5.75 Å². The molecule has 0 bridgehead atoms. The molecule has 1 aliphatic rings. The molecule has 1 unspecified atom stereocenters. The number of hydrogen-bond donors (Lipinski definition) is 0. The third-order valence-corrected chi connectivity index (χ3v) is 5.51. The number of ether oxygens (including phenoxy) is 1. The fourth-order valence-electron chi connectivity index (χ4n) is 4.00. The standard InChI is InChI=1S/C28H34N2O/c1-7-8-9-22(5)29-17-16-28(24-12-14-26(15-13-24)31-20(2)3)30-19-25-11-10-21(4)18-27(25)23(30)6/h7-15,18,20,28H,1,6,16-17,19H2,2-5H3/b9-8-,29-22?. The Morgan fingerprint density at radius 3 is 2.61 bits per heavy atom. The average molecular weight is 415 g/mol. The maximum Gasteiger partial charge on any atom is 0.119 e. The fraction of sp³-hybridized carbons (Fsp3) is 0.321. The molecule has 0 fully saturated rings. The number of fused-ring (bicyclic) bond motifs is 1. The maximum atomic E-state index is 5.84. The number of hydrogen-bond acceptors (Lipinski definition) is 3. The molecule has 1 atom stereocenters. The van der Waals surface area contributed by atoms with Crippen LogP contribution in [-0.4, -0.2) is 23.3 Å². The monoisotopic (exact) mass is 414 g/mol. The van der Waals surface area contributed by atoms with E-state index in [-0.39, 0.29) is 12.1 Å². The van der Waals surface area contributed by atoms with E-state index in [2.05, 4.69) is 67.4 Å².